The molecule has 3 heteroatoms. The molecule has 3 nitrogen and oxygen atoms in total. The minimum Gasteiger partial charge on any atom is -0.393 e. The molecule has 0 saturated heterocycles. The first-order chi connectivity index (χ1) is 11.6. The molecule has 0 bridgehead atoms. The Hall–Kier alpha value is -0.670. The van der Waals surface area contributed by atoms with Crippen molar-refractivity contribution in [2.45, 2.75) is 84.3 Å². The van der Waals surface area contributed by atoms with Gasteiger partial charge < -0.3 is 10.2 Å². The van der Waals surface area contributed by atoms with E-state index < -0.39 is 5.60 Å². The van der Waals surface area contributed by atoms with E-state index in [1.165, 1.54) is 5.57 Å². The summed E-state index contributed by atoms with van der Waals surface area (Å²) in [6.07, 6.45) is 7.70. The van der Waals surface area contributed by atoms with Crippen molar-refractivity contribution in [3.63, 3.8) is 0 Å². The van der Waals surface area contributed by atoms with E-state index in [9.17, 15) is 15.0 Å². The number of carbonyl (C=O) groups is 1. The molecule has 3 fully saturated rings. The zero-order valence-corrected chi connectivity index (χ0v) is 16.2. The number of fused-ring (bicyclic) bond motifs is 5. The molecular weight excluding hydrogens is 312 g/mol. The summed E-state index contributed by atoms with van der Waals surface area (Å²) in [5, 5.41) is 22.8. The second-order valence-electron chi connectivity index (χ2n) is 10.2. The van der Waals surface area contributed by atoms with Gasteiger partial charge in [0.2, 0.25) is 0 Å². The van der Waals surface area contributed by atoms with Crippen LogP contribution < -0.4 is 0 Å². The fourth-order valence-electron chi connectivity index (χ4n) is 7.67. The predicted molar refractivity (Wildman–Crippen MR) is 97.9 cm³/mol. The van der Waals surface area contributed by atoms with Crippen molar-refractivity contribution in [2.24, 2.45) is 34.5 Å². The Morgan fingerprint density at radius 1 is 1.16 bits per heavy atom. The van der Waals surface area contributed by atoms with Gasteiger partial charge in [-0.15, -0.1) is 0 Å². The third-order valence-corrected chi connectivity index (χ3v) is 9.07. The van der Waals surface area contributed by atoms with Crippen LogP contribution in [-0.2, 0) is 4.79 Å². The number of carbonyl (C=O) groups excluding carboxylic acids is 1. The van der Waals surface area contributed by atoms with E-state index in [-0.39, 0.29) is 34.6 Å². The minimum absolute atomic E-state index is 0.0316. The smallest absolute Gasteiger partial charge is 0.155 e. The molecule has 7 atom stereocenters. The number of hydrogen-bond donors (Lipinski definition) is 2. The maximum absolute atomic E-state index is 11.9. The molecule has 4 aliphatic rings. The molecule has 4 aliphatic carbocycles. The number of rotatable bonds is 1. The van der Waals surface area contributed by atoms with Crippen molar-refractivity contribution in [1.82, 2.24) is 0 Å². The van der Waals surface area contributed by atoms with Crippen molar-refractivity contribution < 1.29 is 15.0 Å². The van der Waals surface area contributed by atoms with E-state index in [2.05, 4.69) is 27.7 Å². The first kappa shape index (κ1) is 17.7. The SMILES string of the molecule is CC(C)[C@@]1(O)CCC2[C@@H]3CCC4=CC(=O)CC[C@]4(C)[C@H]3[C@@H](O)C[C@@]21C. The number of aliphatic hydroxyl groups excluding tert-OH is 1. The highest BCUT2D eigenvalue weighted by Crippen LogP contribution is 2.68. The Morgan fingerprint density at radius 3 is 2.56 bits per heavy atom. The van der Waals surface area contributed by atoms with Crippen LogP contribution in [0, 0.1) is 34.5 Å². The van der Waals surface area contributed by atoms with Gasteiger partial charge in [-0.05, 0) is 73.7 Å². The number of ketones is 1. The predicted octanol–water partition coefficient (Wildman–Crippen LogP) is 3.88. The van der Waals surface area contributed by atoms with Crippen LogP contribution in [0.5, 0.6) is 0 Å². The summed E-state index contributed by atoms with van der Waals surface area (Å²) in [5.74, 6) is 1.68. The Bertz CT molecular complexity index is 623. The average Bonchev–Trinajstić information content (AvgIpc) is 2.80. The standard InChI is InChI=1S/C22H34O3/c1-13(2)22(25)10-8-17-16-6-5-14-11-15(23)7-9-20(14,3)19(16)18(24)12-21(17,22)4/h11,13,16-19,24-25H,5-10,12H2,1-4H3/t16-,17?,18-,19+,20-,21-,22-/m0/s1. The molecule has 4 rings (SSSR count). The molecule has 0 radical (unpaired) electrons. The Balaban J connectivity index is 1.74. The topological polar surface area (TPSA) is 57.5 Å². The summed E-state index contributed by atoms with van der Waals surface area (Å²) in [5.41, 5.74) is 0.396. The highest BCUT2D eigenvalue weighted by molar-refractivity contribution is 5.91. The number of hydrogen-bond acceptors (Lipinski definition) is 3. The summed E-state index contributed by atoms with van der Waals surface area (Å²) in [4.78, 5) is 11.9. The van der Waals surface area contributed by atoms with Gasteiger partial charge in [0, 0.05) is 11.8 Å². The Morgan fingerprint density at radius 2 is 1.88 bits per heavy atom. The first-order valence-corrected chi connectivity index (χ1v) is 10.3. The summed E-state index contributed by atoms with van der Waals surface area (Å²) < 4.78 is 0. The van der Waals surface area contributed by atoms with Crippen LogP contribution in [0.15, 0.2) is 11.6 Å². The second-order valence-corrected chi connectivity index (χ2v) is 10.2. The fourth-order valence-corrected chi connectivity index (χ4v) is 7.67. The summed E-state index contributed by atoms with van der Waals surface area (Å²) >= 11 is 0. The maximum Gasteiger partial charge on any atom is 0.155 e. The molecule has 0 aromatic carbocycles. The maximum atomic E-state index is 11.9. The van der Waals surface area contributed by atoms with Gasteiger partial charge in [-0.25, -0.2) is 0 Å². The van der Waals surface area contributed by atoms with Gasteiger partial charge in [0.1, 0.15) is 0 Å². The van der Waals surface area contributed by atoms with Gasteiger partial charge in [-0.2, -0.15) is 0 Å². The molecule has 3 saturated carbocycles. The van der Waals surface area contributed by atoms with Crippen LogP contribution in [0.1, 0.15) is 72.6 Å². The van der Waals surface area contributed by atoms with Crippen LogP contribution in [0.2, 0.25) is 0 Å². The lowest BCUT2D eigenvalue weighted by Crippen LogP contribution is -2.60. The second kappa shape index (κ2) is 5.42. The van der Waals surface area contributed by atoms with E-state index in [1.54, 1.807) is 0 Å². The lowest BCUT2D eigenvalue weighted by atomic mass is 9.45. The van der Waals surface area contributed by atoms with E-state index in [1.807, 2.05) is 6.08 Å². The Labute approximate surface area is 151 Å². The van der Waals surface area contributed by atoms with Crippen molar-refractivity contribution >= 4 is 5.78 Å². The van der Waals surface area contributed by atoms with Gasteiger partial charge in [-0.3, -0.25) is 4.79 Å². The highest BCUT2D eigenvalue weighted by atomic mass is 16.3. The quantitative estimate of drug-likeness (QED) is 0.757. The van der Waals surface area contributed by atoms with Crippen molar-refractivity contribution in [3.05, 3.63) is 11.6 Å². The molecule has 0 aliphatic heterocycles. The fraction of sp³-hybridized carbons (Fsp3) is 0.864. The van der Waals surface area contributed by atoms with Gasteiger partial charge in [-0.1, -0.05) is 33.3 Å². The third kappa shape index (κ3) is 2.15. The average molecular weight is 347 g/mol. The largest absolute Gasteiger partial charge is 0.393 e. The van der Waals surface area contributed by atoms with Crippen molar-refractivity contribution in [2.75, 3.05) is 0 Å². The van der Waals surface area contributed by atoms with Crippen molar-refractivity contribution in [3.8, 4) is 0 Å². The molecule has 0 heterocycles. The molecule has 2 N–H and O–H groups in total. The van der Waals surface area contributed by atoms with Crippen LogP contribution in [0.25, 0.3) is 0 Å². The molecule has 0 amide bonds. The molecule has 1 unspecified atom stereocenters. The Kier molecular flexibility index (Phi) is 3.84. The lowest BCUT2D eigenvalue weighted by Gasteiger charge is -2.61. The minimum atomic E-state index is -0.664. The van der Waals surface area contributed by atoms with Crippen LogP contribution >= 0.6 is 0 Å². The van der Waals surface area contributed by atoms with E-state index >= 15 is 0 Å². The number of allylic oxidation sites excluding steroid dienone is 1. The van der Waals surface area contributed by atoms with Crippen LogP contribution in [-0.4, -0.2) is 27.7 Å². The van der Waals surface area contributed by atoms with Crippen LogP contribution in [0.3, 0.4) is 0 Å². The third-order valence-electron chi connectivity index (χ3n) is 9.07. The summed E-state index contributed by atoms with van der Waals surface area (Å²) in [6, 6.07) is 0. The normalized spacial score (nSPS) is 52.4. The zero-order chi connectivity index (χ0) is 18.2. The van der Waals surface area contributed by atoms with Crippen LogP contribution in [0.4, 0.5) is 0 Å². The van der Waals surface area contributed by atoms with E-state index in [0.29, 0.717) is 24.7 Å². The van der Waals surface area contributed by atoms with E-state index in [4.69, 9.17) is 0 Å². The lowest BCUT2D eigenvalue weighted by molar-refractivity contribution is -0.184. The highest BCUT2D eigenvalue weighted by Gasteiger charge is 2.66. The summed E-state index contributed by atoms with van der Waals surface area (Å²) in [7, 11) is 0. The van der Waals surface area contributed by atoms with Gasteiger partial charge in [0.05, 0.1) is 11.7 Å². The van der Waals surface area contributed by atoms with Crippen molar-refractivity contribution in [1.29, 1.82) is 0 Å². The molecule has 0 aromatic heterocycles. The van der Waals surface area contributed by atoms with E-state index in [0.717, 1.165) is 32.1 Å². The number of aliphatic hydroxyl groups is 2. The van der Waals surface area contributed by atoms with Gasteiger partial charge in [0.15, 0.2) is 5.78 Å². The van der Waals surface area contributed by atoms with Gasteiger partial charge in [0.25, 0.3) is 0 Å². The molecular formula is C22H34O3. The monoisotopic (exact) mass is 346 g/mol. The molecule has 25 heavy (non-hydrogen) atoms. The first-order valence-electron chi connectivity index (χ1n) is 10.3. The molecule has 0 aromatic rings. The summed E-state index contributed by atoms with van der Waals surface area (Å²) in [6.45, 7) is 8.78. The van der Waals surface area contributed by atoms with Gasteiger partial charge >= 0.3 is 0 Å². The zero-order valence-electron chi connectivity index (χ0n) is 16.2. The molecule has 140 valence electrons. The molecule has 0 spiro atoms.